The first-order valence-electron chi connectivity index (χ1n) is 7.56. The summed E-state index contributed by atoms with van der Waals surface area (Å²) >= 11 is 0. The number of ether oxygens (including phenoxy) is 1. The minimum atomic E-state index is -1.02. The van der Waals surface area contributed by atoms with E-state index < -0.39 is 12.1 Å². The Labute approximate surface area is 131 Å². The lowest BCUT2D eigenvalue weighted by Gasteiger charge is -2.37. The minimum absolute atomic E-state index is 0.0307. The molecule has 1 aromatic carbocycles. The third kappa shape index (κ3) is 3.65. The van der Waals surface area contributed by atoms with Crippen LogP contribution in [0, 0.1) is 17.2 Å². The van der Waals surface area contributed by atoms with Gasteiger partial charge in [0.05, 0.1) is 18.7 Å². The van der Waals surface area contributed by atoms with E-state index in [1.807, 2.05) is 24.3 Å². The molecule has 2 unspecified atom stereocenters. The Bertz CT molecular complexity index is 542. The molecule has 5 nitrogen and oxygen atoms in total. The molecule has 1 saturated heterocycles. The Balaban J connectivity index is 1.93. The van der Waals surface area contributed by atoms with Crippen LogP contribution < -0.4 is 0 Å². The SMILES string of the molecule is COC(=O)C(O)C1CCN(C(C)c2ccc(C#N)cc2)CC1. The predicted molar refractivity (Wildman–Crippen MR) is 81.9 cm³/mol. The predicted octanol–water partition coefficient (Wildman–Crippen LogP) is 1.87. The highest BCUT2D eigenvalue weighted by atomic mass is 16.5. The quantitative estimate of drug-likeness (QED) is 0.859. The second kappa shape index (κ2) is 7.39. The van der Waals surface area contributed by atoms with Gasteiger partial charge in [0.1, 0.15) is 0 Å². The minimum Gasteiger partial charge on any atom is -0.467 e. The number of aliphatic hydroxyl groups excluding tert-OH is 1. The third-order valence-electron chi connectivity index (χ3n) is 4.53. The van der Waals surface area contributed by atoms with E-state index in [0.717, 1.165) is 25.9 Å². The number of likely N-dealkylation sites (tertiary alicyclic amines) is 1. The van der Waals surface area contributed by atoms with Crippen molar-refractivity contribution < 1.29 is 14.6 Å². The number of aliphatic hydroxyl groups is 1. The van der Waals surface area contributed by atoms with Crippen LogP contribution in [0.2, 0.25) is 0 Å². The molecule has 0 spiro atoms. The molecule has 1 aliphatic rings. The summed E-state index contributed by atoms with van der Waals surface area (Å²) in [7, 11) is 1.30. The monoisotopic (exact) mass is 302 g/mol. The fraction of sp³-hybridized carbons (Fsp3) is 0.529. The number of hydrogen-bond acceptors (Lipinski definition) is 5. The van der Waals surface area contributed by atoms with Crippen molar-refractivity contribution in [1.82, 2.24) is 4.90 Å². The van der Waals surface area contributed by atoms with E-state index in [4.69, 9.17) is 5.26 Å². The van der Waals surface area contributed by atoms with Gasteiger partial charge < -0.3 is 9.84 Å². The van der Waals surface area contributed by atoms with Gasteiger partial charge in [-0.3, -0.25) is 4.90 Å². The van der Waals surface area contributed by atoms with Crippen LogP contribution in [-0.2, 0) is 9.53 Å². The number of esters is 1. The molecule has 0 radical (unpaired) electrons. The van der Waals surface area contributed by atoms with Crippen molar-refractivity contribution in [3.63, 3.8) is 0 Å². The number of benzene rings is 1. The van der Waals surface area contributed by atoms with Crippen LogP contribution in [0.3, 0.4) is 0 Å². The van der Waals surface area contributed by atoms with Crippen LogP contribution in [0.4, 0.5) is 0 Å². The average molecular weight is 302 g/mol. The molecule has 1 aromatic rings. The average Bonchev–Trinajstić information content (AvgIpc) is 2.60. The Kier molecular flexibility index (Phi) is 5.53. The van der Waals surface area contributed by atoms with E-state index in [1.165, 1.54) is 12.7 Å². The van der Waals surface area contributed by atoms with Crippen molar-refractivity contribution in [1.29, 1.82) is 5.26 Å². The van der Waals surface area contributed by atoms with Gasteiger partial charge in [0.15, 0.2) is 6.10 Å². The van der Waals surface area contributed by atoms with E-state index in [-0.39, 0.29) is 12.0 Å². The Hall–Kier alpha value is -1.90. The van der Waals surface area contributed by atoms with Crippen LogP contribution in [0.1, 0.15) is 36.9 Å². The smallest absolute Gasteiger partial charge is 0.334 e. The van der Waals surface area contributed by atoms with Gasteiger partial charge >= 0.3 is 5.97 Å². The first kappa shape index (κ1) is 16.5. The van der Waals surface area contributed by atoms with Gasteiger partial charge in [0.25, 0.3) is 0 Å². The highest BCUT2D eigenvalue weighted by Crippen LogP contribution is 2.28. The van der Waals surface area contributed by atoms with E-state index in [1.54, 1.807) is 0 Å². The molecule has 2 atom stereocenters. The molecular weight excluding hydrogens is 280 g/mol. The Morgan fingerprint density at radius 1 is 1.36 bits per heavy atom. The van der Waals surface area contributed by atoms with Crippen LogP contribution in [0.15, 0.2) is 24.3 Å². The summed E-state index contributed by atoms with van der Waals surface area (Å²) in [6.07, 6.45) is 0.533. The maximum atomic E-state index is 11.4. The molecule has 0 aromatic heterocycles. The van der Waals surface area contributed by atoms with Gasteiger partial charge in [-0.1, -0.05) is 12.1 Å². The normalized spacial score (nSPS) is 19.2. The highest BCUT2D eigenvalue weighted by Gasteiger charge is 2.31. The second-order valence-electron chi connectivity index (χ2n) is 5.75. The fourth-order valence-corrected chi connectivity index (χ4v) is 2.98. The molecule has 0 saturated carbocycles. The summed E-state index contributed by atoms with van der Waals surface area (Å²) in [5, 5.41) is 18.8. The van der Waals surface area contributed by atoms with Crippen molar-refractivity contribution in [3.05, 3.63) is 35.4 Å². The molecule has 22 heavy (non-hydrogen) atoms. The molecule has 0 amide bonds. The molecule has 1 aliphatic heterocycles. The van der Waals surface area contributed by atoms with E-state index in [9.17, 15) is 9.90 Å². The zero-order chi connectivity index (χ0) is 16.1. The molecule has 118 valence electrons. The summed E-state index contributed by atoms with van der Waals surface area (Å²) in [5.74, 6) is -0.574. The van der Waals surface area contributed by atoms with E-state index in [0.29, 0.717) is 5.56 Å². The summed E-state index contributed by atoms with van der Waals surface area (Å²) in [5.41, 5.74) is 1.84. The zero-order valence-electron chi connectivity index (χ0n) is 13.0. The summed E-state index contributed by atoms with van der Waals surface area (Å²) < 4.78 is 4.60. The summed E-state index contributed by atoms with van der Waals surface area (Å²) in [6, 6.07) is 10.0. The molecular formula is C17H22N2O3. The molecule has 0 aliphatic carbocycles. The van der Waals surface area contributed by atoms with Gasteiger partial charge in [-0.05, 0) is 56.5 Å². The van der Waals surface area contributed by atoms with Gasteiger partial charge in [0.2, 0.25) is 0 Å². The van der Waals surface area contributed by atoms with Gasteiger partial charge in [-0.2, -0.15) is 5.26 Å². The number of carbonyl (C=O) groups excluding carboxylic acids is 1. The van der Waals surface area contributed by atoms with Crippen LogP contribution in [0.5, 0.6) is 0 Å². The first-order valence-corrected chi connectivity index (χ1v) is 7.56. The maximum Gasteiger partial charge on any atom is 0.334 e. The van der Waals surface area contributed by atoms with Crippen molar-refractivity contribution in [2.24, 2.45) is 5.92 Å². The lowest BCUT2D eigenvalue weighted by Crippen LogP contribution is -2.41. The number of carbonyl (C=O) groups is 1. The largest absolute Gasteiger partial charge is 0.467 e. The molecule has 0 bridgehead atoms. The molecule has 1 heterocycles. The van der Waals surface area contributed by atoms with Crippen LogP contribution >= 0.6 is 0 Å². The third-order valence-corrected chi connectivity index (χ3v) is 4.53. The van der Waals surface area contributed by atoms with E-state index in [2.05, 4.69) is 22.6 Å². The molecule has 1 fully saturated rings. The highest BCUT2D eigenvalue weighted by molar-refractivity contribution is 5.74. The number of nitriles is 1. The number of methoxy groups -OCH3 is 1. The summed E-state index contributed by atoms with van der Waals surface area (Å²) in [6.45, 7) is 3.80. The standard InChI is InChI=1S/C17H22N2O3/c1-12(14-5-3-13(11-18)4-6-14)19-9-7-15(8-10-19)16(20)17(21)22-2/h3-6,12,15-16,20H,7-10H2,1-2H3. The van der Waals surface area contributed by atoms with Crippen LogP contribution in [-0.4, -0.2) is 42.3 Å². The first-order chi connectivity index (χ1) is 10.6. The van der Waals surface area contributed by atoms with Gasteiger partial charge in [0, 0.05) is 6.04 Å². The lowest BCUT2D eigenvalue weighted by molar-refractivity contribution is -0.154. The van der Waals surface area contributed by atoms with Gasteiger partial charge in [-0.15, -0.1) is 0 Å². The Morgan fingerprint density at radius 2 is 1.95 bits per heavy atom. The molecule has 2 rings (SSSR count). The fourth-order valence-electron chi connectivity index (χ4n) is 2.98. The van der Waals surface area contributed by atoms with Crippen molar-refractivity contribution in [2.45, 2.75) is 31.9 Å². The number of hydrogen-bond donors (Lipinski definition) is 1. The Morgan fingerprint density at radius 3 is 2.45 bits per heavy atom. The molecule has 5 heteroatoms. The summed E-state index contributed by atoms with van der Waals surface area (Å²) in [4.78, 5) is 13.7. The van der Waals surface area contributed by atoms with Crippen molar-refractivity contribution in [3.8, 4) is 6.07 Å². The van der Waals surface area contributed by atoms with Gasteiger partial charge in [-0.25, -0.2) is 4.79 Å². The maximum absolute atomic E-state index is 11.4. The lowest BCUT2D eigenvalue weighted by atomic mass is 9.90. The van der Waals surface area contributed by atoms with Crippen molar-refractivity contribution in [2.75, 3.05) is 20.2 Å². The molecule has 1 N–H and O–H groups in total. The van der Waals surface area contributed by atoms with Crippen molar-refractivity contribution >= 4 is 5.97 Å². The second-order valence-corrected chi connectivity index (χ2v) is 5.75. The number of piperidine rings is 1. The number of rotatable bonds is 4. The topological polar surface area (TPSA) is 73.6 Å². The number of nitrogens with zero attached hydrogens (tertiary/aromatic N) is 2. The van der Waals surface area contributed by atoms with E-state index >= 15 is 0 Å². The van der Waals surface area contributed by atoms with Crippen LogP contribution in [0.25, 0.3) is 0 Å². The zero-order valence-corrected chi connectivity index (χ0v) is 13.0.